The highest BCUT2D eigenvalue weighted by molar-refractivity contribution is 6.02. The normalized spacial score (nSPS) is 20.9. The fourth-order valence-electron chi connectivity index (χ4n) is 7.51. The number of hydrogen-bond acceptors (Lipinski definition) is 8. The number of alkyl halides is 9. The average Bonchev–Trinajstić information content (AvgIpc) is 3.44. The van der Waals surface area contributed by atoms with Crippen molar-refractivity contribution in [2.45, 2.75) is 94.6 Å². The highest BCUT2D eigenvalue weighted by atomic mass is 19.4. The minimum atomic E-state index is -5.08. The van der Waals surface area contributed by atoms with E-state index in [0.29, 0.717) is 24.2 Å². The van der Waals surface area contributed by atoms with E-state index in [4.69, 9.17) is 34.8 Å². The first kappa shape index (κ1) is 46.9. The summed E-state index contributed by atoms with van der Waals surface area (Å²) in [6, 6.07) is 6.69. The molecule has 1 spiro atoms. The van der Waals surface area contributed by atoms with E-state index < -0.39 is 36.4 Å². The first-order valence-corrected chi connectivity index (χ1v) is 18.0. The lowest BCUT2D eigenvalue weighted by Gasteiger charge is -2.44. The fourth-order valence-corrected chi connectivity index (χ4v) is 7.51. The van der Waals surface area contributed by atoms with Gasteiger partial charge in [0.1, 0.15) is 0 Å². The van der Waals surface area contributed by atoms with Crippen LogP contribution in [0.2, 0.25) is 0 Å². The summed E-state index contributed by atoms with van der Waals surface area (Å²) in [7, 11) is 1.96. The van der Waals surface area contributed by atoms with E-state index in [2.05, 4.69) is 33.7 Å². The van der Waals surface area contributed by atoms with Crippen LogP contribution in [0.4, 0.5) is 39.5 Å². The molecule has 1 atom stereocenters. The summed E-state index contributed by atoms with van der Waals surface area (Å²) >= 11 is 0. The Morgan fingerprint density at radius 3 is 1.74 bits per heavy atom. The van der Waals surface area contributed by atoms with Crippen molar-refractivity contribution in [2.75, 3.05) is 32.7 Å². The molecule has 1 unspecified atom stereocenters. The Balaban J connectivity index is 0.000000341. The molecule has 1 aromatic heterocycles. The number of carboxylic acid groups (broad SMARTS) is 3. The van der Waals surface area contributed by atoms with Crippen molar-refractivity contribution in [1.82, 2.24) is 25.3 Å². The van der Waals surface area contributed by atoms with Crippen LogP contribution in [0.15, 0.2) is 18.2 Å². The number of benzene rings is 1. The standard InChI is InChI=1S/C29H41N5O2.3C2HF3O2/c1-33-25-18-22(2-3-23(25)27(32-33)24-4-5-26(35)31-28(24)36)21-8-16-34(17-9-21)19-20-6-10-29(11-7-20)12-14-30-15-13-29;3*3-2(4,5)1(6)7/h2-3,18,20-21,24,30H,4-17,19H2,1H3,(H,31,35,36);3*(H,6,7). The summed E-state index contributed by atoms with van der Waals surface area (Å²) in [5.74, 6) is -7.54. The molecule has 1 aliphatic carbocycles. The van der Waals surface area contributed by atoms with Crippen LogP contribution in [0.3, 0.4) is 0 Å². The van der Waals surface area contributed by atoms with E-state index in [0.717, 1.165) is 22.5 Å². The first-order valence-electron chi connectivity index (χ1n) is 18.0. The van der Waals surface area contributed by atoms with E-state index in [1.54, 1.807) is 0 Å². The average molecular weight is 834 g/mol. The summed E-state index contributed by atoms with van der Waals surface area (Å²) < 4.78 is 97.1. The third-order valence-electron chi connectivity index (χ3n) is 10.6. The molecule has 2 amide bonds. The lowest BCUT2D eigenvalue weighted by atomic mass is 9.65. The van der Waals surface area contributed by atoms with Crippen LogP contribution in [-0.2, 0) is 31.0 Å². The van der Waals surface area contributed by atoms with E-state index in [-0.39, 0.29) is 17.7 Å². The summed E-state index contributed by atoms with van der Waals surface area (Å²) in [6.07, 6.45) is -3.39. The number of piperidine rings is 3. The number of imide groups is 1. The largest absolute Gasteiger partial charge is 0.490 e. The molecule has 4 fully saturated rings. The number of nitrogens with one attached hydrogen (secondary N) is 2. The van der Waals surface area contributed by atoms with Gasteiger partial charge >= 0.3 is 36.4 Å². The van der Waals surface area contributed by atoms with Crippen molar-refractivity contribution in [2.24, 2.45) is 18.4 Å². The number of carbonyl (C=O) groups excluding carboxylic acids is 2. The number of aryl methyl sites for hydroxylation is 1. The second-order valence-electron chi connectivity index (χ2n) is 14.5. The topological polar surface area (TPSA) is 191 Å². The van der Waals surface area contributed by atoms with Gasteiger partial charge in [-0.25, -0.2) is 14.4 Å². The molecule has 2 aromatic rings. The molecule has 3 aliphatic heterocycles. The van der Waals surface area contributed by atoms with Gasteiger partial charge in [0.15, 0.2) is 0 Å². The van der Waals surface area contributed by atoms with Gasteiger partial charge in [-0.1, -0.05) is 12.1 Å². The number of hydrogen-bond donors (Lipinski definition) is 5. The zero-order valence-electron chi connectivity index (χ0n) is 30.7. The van der Waals surface area contributed by atoms with Crippen molar-refractivity contribution in [3.63, 3.8) is 0 Å². The molecule has 13 nitrogen and oxygen atoms in total. The van der Waals surface area contributed by atoms with Gasteiger partial charge < -0.3 is 25.5 Å². The molecule has 57 heavy (non-hydrogen) atoms. The molecule has 22 heteroatoms. The van der Waals surface area contributed by atoms with Crippen molar-refractivity contribution < 1.29 is 78.8 Å². The molecular formula is C35H44F9N5O8. The summed E-state index contributed by atoms with van der Waals surface area (Å²) in [6.45, 7) is 6.13. The van der Waals surface area contributed by atoms with Crippen LogP contribution >= 0.6 is 0 Å². The quantitative estimate of drug-likeness (QED) is 0.187. The summed E-state index contributed by atoms with van der Waals surface area (Å²) in [5, 5.41) is 33.2. The van der Waals surface area contributed by atoms with Gasteiger partial charge in [-0.3, -0.25) is 19.6 Å². The Morgan fingerprint density at radius 2 is 1.28 bits per heavy atom. The van der Waals surface area contributed by atoms with Crippen LogP contribution in [0.25, 0.3) is 10.9 Å². The Morgan fingerprint density at radius 1 is 0.789 bits per heavy atom. The van der Waals surface area contributed by atoms with Gasteiger partial charge in [0.2, 0.25) is 11.8 Å². The molecule has 5 N–H and O–H groups in total. The monoisotopic (exact) mass is 833 g/mol. The minimum absolute atomic E-state index is 0.181. The number of aromatic nitrogens is 2. The van der Waals surface area contributed by atoms with E-state index in [1.165, 1.54) is 89.7 Å². The van der Waals surface area contributed by atoms with Gasteiger partial charge in [0, 0.05) is 25.4 Å². The zero-order valence-corrected chi connectivity index (χ0v) is 30.7. The molecule has 6 rings (SSSR count). The maximum atomic E-state index is 12.4. The Hall–Kier alpha value is -4.47. The molecule has 0 bridgehead atoms. The van der Waals surface area contributed by atoms with Gasteiger partial charge in [-0.05, 0) is 113 Å². The molecule has 3 saturated heterocycles. The maximum Gasteiger partial charge on any atom is 0.490 e. The molecule has 0 radical (unpaired) electrons. The second kappa shape index (κ2) is 19.3. The van der Waals surface area contributed by atoms with E-state index in [9.17, 15) is 49.1 Å². The lowest BCUT2D eigenvalue weighted by molar-refractivity contribution is -0.193. The number of halogens is 9. The second-order valence-corrected chi connectivity index (χ2v) is 14.5. The molecule has 1 saturated carbocycles. The minimum Gasteiger partial charge on any atom is -0.475 e. The fraction of sp³-hybridized carbons (Fsp3) is 0.657. The predicted octanol–water partition coefficient (Wildman–Crippen LogP) is 5.73. The molecule has 320 valence electrons. The van der Waals surface area contributed by atoms with Crippen molar-refractivity contribution in [3.05, 3.63) is 29.5 Å². The van der Waals surface area contributed by atoms with Crippen LogP contribution in [0, 0.1) is 11.3 Å². The van der Waals surface area contributed by atoms with Gasteiger partial charge in [-0.15, -0.1) is 0 Å². The number of aliphatic carboxylic acids is 3. The highest BCUT2D eigenvalue weighted by Crippen LogP contribution is 2.45. The molecular weight excluding hydrogens is 789 g/mol. The number of fused-ring (bicyclic) bond motifs is 1. The molecule has 1 aromatic carbocycles. The van der Waals surface area contributed by atoms with Crippen LogP contribution in [0.1, 0.15) is 87.3 Å². The van der Waals surface area contributed by atoms with Crippen LogP contribution in [0.5, 0.6) is 0 Å². The number of likely N-dealkylation sites (tertiary alicyclic amines) is 1. The maximum absolute atomic E-state index is 12.4. The Kier molecular flexibility index (Phi) is 15.9. The smallest absolute Gasteiger partial charge is 0.475 e. The number of carboxylic acids is 3. The van der Waals surface area contributed by atoms with Gasteiger partial charge in [0.05, 0.1) is 17.1 Å². The third kappa shape index (κ3) is 13.9. The number of rotatable bonds is 4. The zero-order chi connectivity index (χ0) is 42.9. The third-order valence-corrected chi connectivity index (χ3v) is 10.6. The summed E-state index contributed by atoms with van der Waals surface area (Å²) in [5.41, 5.74) is 3.95. The van der Waals surface area contributed by atoms with Crippen molar-refractivity contribution in [3.8, 4) is 0 Å². The van der Waals surface area contributed by atoms with E-state index in [1.807, 2.05) is 11.7 Å². The first-order chi connectivity index (χ1) is 26.3. The van der Waals surface area contributed by atoms with Crippen molar-refractivity contribution in [1.29, 1.82) is 0 Å². The highest BCUT2D eigenvalue weighted by Gasteiger charge is 2.40. The number of carbonyl (C=O) groups is 5. The van der Waals surface area contributed by atoms with E-state index >= 15 is 0 Å². The number of amides is 2. The Labute approximate surface area is 319 Å². The van der Waals surface area contributed by atoms with Gasteiger partial charge in [-0.2, -0.15) is 44.6 Å². The Bertz CT molecular complexity index is 1660. The van der Waals surface area contributed by atoms with Crippen LogP contribution in [-0.4, -0.2) is 111 Å². The lowest BCUT2D eigenvalue weighted by Crippen LogP contribution is -2.42. The van der Waals surface area contributed by atoms with Gasteiger partial charge in [0.25, 0.3) is 0 Å². The molecule has 4 heterocycles. The SMILES string of the molecule is Cn1nc(C2CCC(=O)NC2=O)c2ccc(C3CCN(CC4CCC5(CCNCC5)CC4)CC3)cc21.O=C(O)C(F)(F)F.O=C(O)C(F)(F)F.O=C(O)C(F)(F)F. The molecule has 4 aliphatic rings. The number of nitrogens with zero attached hydrogens (tertiary/aromatic N) is 3. The summed E-state index contributed by atoms with van der Waals surface area (Å²) in [4.78, 5) is 53.4. The predicted molar refractivity (Wildman–Crippen MR) is 182 cm³/mol. The van der Waals surface area contributed by atoms with Crippen molar-refractivity contribution >= 4 is 40.6 Å². The van der Waals surface area contributed by atoms with Crippen LogP contribution < -0.4 is 10.6 Å².